The predicted octanol–water partition coefficient (Wildman–Crippen LogP) is 2.57. The summed E-state index contributed by atoms with van der Waals surface area (Å²) in [5, 5.41) is 2.65. The van der Waals surface area contributed by atoms with Crippen molar-refractivity contribution in [2.24, 2.45) is 0 Å². The van der Waals surface area contributed by atoms with Crippen LogP contribution < -0.4 is 5.32 Å². The van der Waals surface area contributed by atoms with Crippen LogP contribution in [0, 0.1) is 19.3 Å². The smallest absolute Gasteiger partial charge is 0.410 e. The molecule has 1 aromatic heterocycles. The van der Waals surface area contributed by atoms with Gasteiger partial charge in [-0.1, -0.05) is 6.07 Å². The van der Waals surface area contributed by atoms with Crippen molar-refractivity contribution in [3.8, 4) is 12.3 Å². The van der Waals surface area contributed by atoms with E-state index in [1.807, 2.05) is 6.92 Å². The minimum Gasteiger partial charge on any atom is -0.444 e. The number of hydrogen-bond acceptors (Lipinski definition) is 4. The van der Waals surface area contributed by atoms with Crippen molar-refractivity contribution >= 4 is 17.8 Å². The average molecular weight is 317 g/mol. The second-order valence-corrected chi connectivity index (χ2v) is 6.26. The van der Waals surface area contributed by atoms with Crippen molar-refractivity contribution in [1.82, 2.24) is 9.88 Å². The van der Waals surface area contributed by atoms with Crippen molar-refractivity contribution in [1.29, 1.82) is 0 Å². The highest BCUT2D eigenvalue weighted by Gasteiger charge is 2.27. The van der Waals surface area contributed by atoms with Gasteiger partial charge >= 0.3 is 6.09 Å². The molecule has 0 bridgehead atoms. The number of amides is 2. The summed E-state index contributed by atoms with van der Waals surface area (Å²) in [5.41, 5.74) is 0.697. The highest BCUT2D eigenvalue weighted by atomic mass is 16.6. The standard InChI is InChI=1S/C17H23N3O3/c1-8-13-11(2)9-10-14(18-13)19-15(21)12(3)20(7)16(22)23-17(4,5)6/h1,9-10,12H,2-7H3,(H,18,19,21). The number of anilines is 1. The van der Waals surface area contributed by atoms with Crippen LogP contribution in [-0.2, 0) is 9.53 Å². The molecule has 1 N–H and O–H groups in total. The number of likely N-dealkylation sites (N-methyl/N-ethyl adjacent to an activating group) is 1. The second-order valence-electron chi connectivity index (χ2n) is 6.26. The third kappa shape index (κ3) is 5.29. The molecular formula is C17H23N3O3. The minimum absolute atomic E-state index is 0.345. The Morgan fingerprint density at radius 3 is 2.52 bits per heavy atom. The first-order valence-corrected chi connectivity index (χ1v) is 7.26. The first kappa shape index (κ1) is 18.5. The lowest BCUT2D eigenvalue weighted by molar-refractivity contribution is -0.120. The number of terminal acetylenes is 1. The molecule has 6 nitrogen and oxygen atoms in total. The third-order valence-electron chi connectivity index (χ3n) is 3.13. The van der Waals surface area contributed by atoms with Gasteiger partial charge in [-0.2, -0.15) is 0 Å². The fourth-order valence-electron chi connectivity index (χ4n) is 1.64. The van der Waals surface area contributed by atoms with Crippen LogP contribution in [-0.4, -0.2) is 40.6 Å². The Morgan fingerprint density at radius 2 is 2.00 bits per heavy atom. The van der Waals surface area contributed by atoms with Crippen LogP contribution in [0.2, 0.25) is 0 Å². The Bertz CT molecular complexity index is 641. The second kappa shape index (κ2) is 7.14. The van der Waals surface area contributed by atoms with Crippen molar-refractivity contribution in [3.05, 3.63) is 23.4 Å². The maximum absolute atomic E-state index is 12.3. The van der Waals surface area contributed by atoms with E-state index in [1.165, 1.54) is 11.9 Å². The molecule has 6 heteroatoms. The number of rotatable bonds is 3. The molecule has 1 rings (SSSR count). The van der Waals surface area contributed by atoms with E-state index in [0.717, 1.165) is 5.56 Å². The quantitative estimate of drug-likeness (QED) is 0.870. The van der Waals surface area contributed by atoms with Gasteiger partial charge in [0, 0.05) is 7.05 Å². The number of hydrogen-bond donors (Lipinski definition) is 1. The molecule has 2 amide bonds. The molecule has 0 aliphatic rings. The van der Waals surface area contributed by atoms with Gasteiger partial charge in [0.1, 0.15) is 23.2 Å². The number of carbonyl (C=O) groups excluding carboxylic acids is 2. The normalized spacial score (nSPS) is 12.0. The lowest BCUT2D eigenvalue weighted by Gasteiger charge is -2.28. The molecule has 1 atom stereocenters. The molecular weight excluding hydrogens is 294 g/mol. The largest absolute Gasteiger partial charge is 0.444 e. The van der Waals surface area contributed by atoms with Gasteiger partial charge in [-0.3, -0.25) is 9.69 Å². The highest BCUT2D eigenvalue weighted by Crippen LogP contribution is 2.13. The SMILES string of the molecule is C#Cc1nc(NC(=O)C(C)N(C)C(=O)OC(C)(C)C)ccc1C. The molecule has 124 valence electrons. The summed E-state index contributed by atoms with van der Waals surface area (Å²) in [4.78, 5) is 29.6. The number of nitrogens with zero attached hydrogens (tertiary/aromatic N) is 2. The van der Waals surface area contributed by atoms with Gasteiger partial charge in [-0.25, -0.2) is 9.78 Å². The maximum atomic E-state index is 12.3. The number of aryl methyl sites for hydroxylation is 1. The van der Waals surface area contributed by atoms with Gasteiger partial charge in [0.2, 0.25) is 5.91 Å². The summed E-state index contributed by atoms with van der Waals surface area (Å²) >= 11 is 0. The van der Waals surface area contributed by atoms with Crippen LogP contribution in [0.15, 0.2) is 12.1 Å². The maximum Gasteiger partial charge on any atom is 0.410 e. The zero-order valence-electron chi connectivity index (χ0n) is 14.4. The van der Waals surface area contributed by atoms with E-state index >= 15 is 0 Å². The summed E-state index contributed by atoms with van der Waals surface area (Å²) in [5.74, 6) is 2.43. The monoisotopic (exact) mass is 317 g/mol. The van der Waals surface area contributed by atoms with Gasteiger partial charge in [0.15, 0.2) is 0 Å². The first-order chi connectivity index (χ1) is 10.5. The number of nitrogens with one attached hydrogen (secondary N) is 1. The molecule has 0 aliphatic carbocycles. The molecule has 0 saturated heterocycles. The minimum atomic E-state index is -0.720. The van der Waals surface area contributed by atoms with E-state index in [1.54, 1.807) is 39.8 Å². The van der Waals surface area contributed by atoms with Crippen molar-refractivity contribution in [3.63, 3.8) is 0 Å². The van der Waals surface area contributed by atoms with E-state index in [9.17, 15) is 9.59 Å². The van der Waals surface area contributed by atoms with Gasteiger partial charge in [0.05, 0.1) is 0 Å². The average Bonchev–Trinajstić information content (AvgIpc) is 2.45. The Kier molecular flexibility index (Phi) is 5.74. The highest BCUT2D eigenvalue weighted by molar-refractivity contribution is 5.95. The predicted molar refractivity (Wildman–Crippen MR) is 89.0 cm³/mol. The Hall–Kier alpha value is -2.55. The summed E-state index contributed by atoms with van der Waals surface area (Å²) in [6.07, 6.45) is 4.79. The molecule has 1 aromatic rings. The molecule has 0 radical (unpaired) electrons. The summed E-state index contributed by atoms with van der Waals surface area (Å²) in [7, 11) is 1.51. The van der Waals surface area contributed by atoms with Crippen LogP contribution in [0.25, 0.3) is 0 Å². The van der Waals surface area contributed by atoms with Crippen molar-refractivity contribution in [2.75, 3.05) is 12.4 Å². The fourth-order valence-corrected chi connectivity index (χ4v) is 1.64. The topological polar surface area (TPSA) is 71.5 Å². The van der Waals surface area contributed by atoms with E-state index < -0.39 is 17.7 Å². The lowest BCUT2D eigenvalue weighted by Crippen LogP contribution is -2.45. The number of ether oxygens (including phenoxy) is 1. The van der Waals surface area contributed by atoms with Gasteiger partial charge < -0.3 is 10.1 Å². The van der Waals surface area contributed by atoms with Gasteiger partial charge in [-0.05, 0) is 52.2 Å². The summed E-state index contributed by atoms with van der Waals surface area (Å²) < 4.78 is 5.24. The Labute approximate surface area is 137 Å². The number of carbonyl (C=O) groups is 2. The number of pyridine rings is 1. The lowest BCUT2D eigenvalue weighted by atomic mass is 10.2. The van der Waals surface area contributed by atoms with E-state index in [0.29, 0.717) is 11.5 Å². The molecule has 1 heterocycles. The summed E-state index contributed by atoms with van der Waals surface area (Å²) in [6.45, 7) is 8.74. The van der Waals surface area contributed by atoms with E-state index in [2.05, 4.69) is 16.2 Å². The van der Waals surface area contributed by atoms with E-state index in [4.69, 9.17) is 11.2 Å². The third-order valence-corrected chi connectivity index (χ3v) is 3.13. The van der Waals surface area contributed by atoms with Gasteiger partial charge in [0.25, 0.3) is 0 Å². The summed E-state index contributed by atoms with van der Waals surface area (Å²) in [6, 6.07) is 2.72. The fraction of sp³-hybridized carbons (Fsp3) is 0.471. The molecule has 0 spiro atoms. The van der Waals surface area contributed by atoms with Crippen LogP contribution in [0.5, 0.6) is 0 Å². The van der Waals surface area contributed by atoms with Crippen LogP contribution in [0.1, 0.15) is 39.0 Å². The molecule has 0 saturated carbocycles. The first-order valence-electron chi connectivity index (χ1n) is 7.26. The van der Waals surface area contributed by atoms with Crippen molar-refractivity contribution < 1.29 is 14.3 Å². The molecule has 0 fully saturated rings. The molecule has 0 aromatic carbocycles. The molecule has 23 heavy (non-hydrogen) atoms. The van der Waals surface area contributed by atoms with Crippen LogP contribution in [0.3, 0.4) is 0 Å². The molecule has 0 aliphatic heterocycles. The van der Waals surface area contributed by atoms with Crippen LogP contribution in [0.4, 0.5) is 10.6 Å². The van der Waals surface area contributed by atoms with Gasteiger partial charge in [-0.15, -0.1) is 6.42 Å². The Morgan fingerprint density at radius 1 is 1.39 bits per heavy atom. The molecule has 1 unspecified atom stereocenters. The van der Waals surface area contributed by atoms with Crippen molar-refractivity contribution in [2.45, 2.75) is 46.3 Å². The number of aromatic nitrogens is 1. The van der Waals surface area contributed by atoms with E-state index in [-0.39, 0.29) is 5.91 Å². The zero-order valence-corrected chi connectivity index (χ0v) is 14.4. The Balaban J connectivity index is 2.77. The van der Waals surface area contributed by atoms with Crippen LogP contribution >= 0.6 is 0 Å². The zero-order chi connectivity index (χ0) is 17.8.